The van der Waals surface area contributed by atoms with Gasteiger partial charge in [-0.1, -0.05) is 0 Å². The molecule has 0 atom stereocenters. The van der Waals surface area contributed by atoms with Crippen LogP contribution in [-0.2, 0) is 0 Å². The van der Waals surface area contributed by atoms with E-state index in [2.05, 4.69) is 4.98 Å². The average molecular weight is 270 g/mol. The Hall–Kier alpha value is -2.69. The molecular formula is C15H14N2O3. The molecule has 0 saturated carbocycles. The summed E-state index contributed by atoms with van der Waals surface area (Å²) in [6.45, 7) is 1.77. The van der Waals surface area contributed by atoms with Crippen LogP contribution in [0.5, 0.6) is 0 Å². The van der Waals surface area contributed by atoms with Gasteiger partial charge in [0.05, 0.1) is 11.1 Å². The number of aromatic carboxylic acids is 1. The second kappa shape index (κ2) is 5.52. The number of aromatic nitrogens is 1. The first-order valence-electron chi connectivity index (χ1n) is 6.03. The molecule has 2 rings (SSSR count). The van der Waals surface area contributed by atoms with E-state index in [1.54, 1.807) is 44.4 Å². The highest BCUT2D eigenvalue weighted by atomic mass is 16.4. The molecule has 0 fully saturated rings. The van der Waals surface area contributed by atoms with E-state index in [9.17, 15) is 9.59 Å². The summed E-state index contributed by atoms with van der Waals surface area (Å²) in [5.74, 6) is -1.17. The molecule has 1 heterocycles. The summed E-state index contributed by atoms with van der Waals surface area (Å²) in [6.07, 6.45) is 1.63. The van der Waals surface area contributed by atoms with Crippen molar-refractivity contribution in [2.75, 3.05) is 11.9 Å². The summed E-state index contributed by atoms with van der Waals surface area (Å²) in [5.41, 5.74) is 2.00. The fourth-order valence-corrected chi connectivity index (χ4v) is 1.84. The Morgan fingerprint density at radius 2 is 1.80 bits per heavy atom. The highest BCUT2D eigenvalue weighted by Crippen LogP contribution is 2.17. The van der Waals surface area contributed by atoms with Crippen molar-refractivity contribution in [2.24, 2.45) is 0 Å². The van der Waals surface area contributed by atoms with Gasteiger partial charge < -0.3 is 10.0 Å². The fourth-order valence-electron chi connectivity index (χ4n) is 1.84. The van der Waals surface area contributed by atoms with Crippen LogP contribution in [0.2, 0.25) is 0 Å². The summed E-state index contributed by atoms with van der Waals surface area (Å²) in [5, 5.41) is 8.85. The molecule has 0 saturated heterocycles. The van der Waals surface area contributed by atoms with Gasteiger partial charge in [-0.3, -0.25) is 9.78 Å². The van der Waals surface area contributed by atoms with Crippen LogP contribution in [0.1, 0.15) is 26.4 Å². The topological polar surface area (TPSA) is 70.5 Å². The molecule has 20 heavy (non-hydrogen) atoms. The first kappa shape index (κ1) is 13.7. The molecule has 1 amide bonds. The van der Waals surface area contributed by atoms with Crippen molar-refractivity contribution in [3.8, 4) is 0 Å². The first-order valence-corrected chi connectivity index (χ1v) is 6.03. The van der Waals surface area contributed by atoms with Gasteiger partial charge in [0.15, 0.2) is 0 Å². The van der Waals surface area contributed by atoms with Crippen LogP contribution in [0.3, 0.4) is 0 Å². The molecule has 1 aromatic heterocycles. The van der Waals surface area contributed by atoms with Gasteiger partial charge in [-0.2, -0.15) is 0 Å². The van der Waals surface area contributed by atoms with Gasteiger partial charge in [-0.15, -0.1) is 0 Å². The maximum absolute atomic E-state index is 12.4. The summed E-state index contributed by atoms with van der Waals surface area (Å²) >= 11 is 0. The normalized spacial score (nSPS) is 10.1. The van der Waals surface area contributed by atoms with Crippen molar-refractivity contribution in [2.45, 2.75) is 6.92 Å². The zero-order valence-electron chi connectivity index (χ0n) is 11.2. The maximum atomic E-state index is 12.4. The average Bonchev–Trinajstić information content (AvgIpc) is 2.46. The lowest BCUT2D eigenvalue weighted by molar-refractivity contribution is 0.0696. The number of rotatable bonds is 3. The number of carboxylic acid groups (broad SMARTS) is 1. The standard InChI is InChI=1S/C15H14N2O3/c1-10-13(4-3-9-16-10)14(18)17(2)12-7-5-11(6-8-12)15(19)20/h3-9H,1-2H3,(H,19,20). The maximum Gasteiger partial charge on any atom is 0.335 e. The Labute approximate surface area is 116 Å². The van der Waals surface area contributed by atoms with Gasteiger partial charge in [0, 0.05) is 24.6 Å². The lowest BCUT2D eigenvalue weighted by Gasteiger charge is -2.18. The number of benzene rings is 1. The highest BCUT2D eigenvalue weighted by molar-refractivity contribution is 6.06. The van der Waals surface area contributed by atoms with E-state index < -0.39 is 5.97 Å². The monoisotopic (exact) mass is 270 g/mol. The number of anilines is 1. The fraction of sp³-hybridized carbons (Fsp3) is 0.133. The van der Waals surface area contributed by atoms with E-state index in [-0.39, 0.29) is 11.5 Å². The molecule has 5 heteroatoms. The minimum atomic E-state index is -0.992. The Kier molecular flexibility index (Phi) is 3.79. The smallest absolute Gasteiger partial charge is 0.335 e. The molecule has 0 spiro atoms. The lowest BCUT2D eigenvalue weighted by atomic mass is 10.1. The second-order valence-corrected chi connectivity index (χ2v) is 4.35. The number of hydrogen-bond donors (Lipinski definition) is 1. The van der Waals surface area contributed by atoms with Crippen molar-refractivity contribution >= 4 is 17.6 Å². The number of amides is 1. The summed E-state index contributed by atoms with van der Waals surface area (Å²) in [7, 11) is 1.64. The lowest BCUT2D eigenvalue weighted by Crippen LogP contribution is -2.27. The van der Waals surface area contributed by atoms with E-state index in [1.807, 2.05) is 0 Å². The predicted molar refractivity (Wildman–Crippen MR) is 75.1 cm³/mol. The molecule has 5 nitrogen and oxygen atoms in total. The molecule has 0 bridgehead atoms. The third kappa shape index (κ3) is 2.66. The van der Waals surface area contributed by atoms with E-state index in [4.69, 9.17) is 5.11 Å². The number of carbonyl (C=O) groups is 2. The van der Waals surface area contributed by atoms with Gasteiger partial charge in [-0.25, -0.2) is 4.79 Å². The highest BCUT2D eigenvalue weighted by Gasteiger charge is 2.16. The van der Waals surface area contributed by atoms with Crippen LogP contribution in [0.4, 0.5) is 5.69 Å². The number of carbonyl (C=O) groups excluding carboxylic acids is 1. The van der Waals surface area contributed by atoms with Gasteiger partial charge in [0.2, 0.25) is 0 Å². The van der Waals surface area contributed by atoms with Crippen molar-refractivity contribution in [3.05, 3.63) is 59.4 Å². The first-order chi connectivity index (χ1) is 9.50. The molecule has 1 N–H and O–H groups in total. The van der Waals surface area contributed by atoms with Crippen molar-refractivity contribution < 1.29 is 14.7 Å². The molecule has 0 aliphatic carbocycles. The molecule has 1 aromatic carbocycles. The largest absolute Gasteiger partial charge is 0.478 e. The summed E-state index contributed by atoms with van der Waals surface area (Å²) < 4.78 is 0. The van der Waals surface area contributed by atoms with E-state index >= 15 is 0 Å². The third-order valence-electron chi connectivity index (χ3n) is 3.04. The van der Waals surface area contributed by atoms with E-state index in [1.165, 1.54) is 17.0 Å². The second-order valence-electron chi connectivity index (χ2n) is 4.35. The van der Waals surface area contributed by atoms with Crippen molar-refractivity contribution in [1.82, 2.24) is 4.98 Å². The van der Waals surface area contributed by atoms with Crippen molar-refractivity contribution in [3.63, 3.8) is 0 Å². The number of nitrogens with zero attached hydrogens (tertiary/aromatic N) is 2. The van der Waals surface area contributed by atoms with E-state index in [0.29, 0.717) is 16.9 Å². The molecule has 0 unspecified atom stereocenters. The Bertz CT molecular complexity index is 650. The molecule has 0 radical (unpaired) electrons. The summed E-state index contributed by atoms with van der Waals surface area (Å²) in [4.78, 5) is 28.7. The zero-order chi connectivity index (χ0) is 14.7. The molecule has 102 valence electrons. The molecule has 0 aliphatic rings. The molecule has 2 aromatic rings. The predicted octanol–water partition coefficient (Wildman–Crippen LogP) is 2.36. The van der Waals surface area contributed by atoms with Gasteiger partial charge in [0.1, 0.15) is 0 Å². The number of aryl methyl sites for hydroxylation is 1. The van der Waals surface area contributed by atoms with Gasteiger partial charge in [-0.05, 0) is 43.3 Å². The SMILES string of the molecule is Cc1ncccc1C(=O)N(C)c1ccc(C(=O)O)cc1. The van der Waals surface area contributed by atoms with Crippen LogP contribution in [-0.4, -0.2) is 29.0 Å². The Balaban J connectivity index is 2.27. The Morgan fingerprint density at radius 3 is 2.35 bits per heavy atom. The number of pyridine rings is 1. The van der Waals surface area contributed by atoms with Crippen LogP contribution >= 0.6 is 0 Å². The van der Waals surface area contributed by atoms with Crippen LogP contribution < -0.4 is 4.90 Å². The minimum absolute atomic E-state index is 0.182. The van der Waals surface area contributed by atoms with Gasteiger partial charge >= 0.3 is 5.97 Å². The molecular weight excluding hydrogens is 256 g/mol. The van der Waals surface area contributed by atoms with Crippen molar-refractivity contribution in [1.29, 1.82) is 0 Å². The molecule has 0 aliphatic heterocycles. The quantitative estimate of drug-likeness (QED) is 0.929. The van der Waals surface area contributed by atoms with Gasteiger partial charge in [0.25, 0.3) is 5.91 Å². The summed E-state index contributed by atoms with van der Waals surface area (Å²) in [6, 6.07) is 9.57. The third-order valence-corrected chi connectivity index (χ3v) is 3.04. The van der Waals surface area contributed by atoms with Crippen LogP contribution in [0.25, 0.3) is 0 Å². The minimum Gasteiger partial charge on any atom is -0.478 e. The Morgan fingerprint density at radius 1 is 1.15 bits per heavy atom. The van der Waals surface area contributed by atoms with Crippen LogP contribution in [0, 0.1) is 6.92 Å². The number of carboxylic acids is 1. The van der Waals surface area contributed by atoms with E-state index in [0.717, 1.165) is 0 Å². The van der Waals surface area contributed by atoms with Crippen LogP contribution in [0.15, 0.2) is 42.6 Å². The zero-order valence-corrected chi connectivity index (χ0v) is 11.2. The number of hydrogen-bond acceptors (Lipinski definition) is 3.